The number of ether oxygens (including phenoxy) is 3. The third-order valence-electron chi connectivity index (χ3n) is 3.36. The van der Waals surface area contributed by atoms with Crippen LogP contribution in [0, 0.1) is 0 Å². The highest BCUT2D eigenvalue weighted by Crippen LogP contribution is 2.31. The van der Waals surface area contributed by atoms with Gasteiger partial charge in [-0.1, -0.05) is 0 Å². The van der Waals surface area contributed by atoms with E-state index in [1.165, 1.54) is 14.2 Å². The van der Waals surface area contributed by atoms with Gasteiger partial charge in [-0.05, 0) is 18.9 Å². The standard InChI is InChI=1S/C14H20N2O4/c1-18-12-7-10(11(15)8-13(12)19-2)14(17)16-9-3-5-20-6-4-9/h7-9H,3-6,15H2,1-2H3,(H,16,17). The largest absolute Gasteiger partial charge is 0.493 e. The van der Waals surface area contributed by atoms with Gasteiger partial charge < -0.3 is 25.3 Å². The Morgan fingerprint density at radius 1 is 1.25 bits per heavy atom. The Labute approximate surface area is 118 Å². The smallest absolute Gasteiger partial charge is 0.253 e. The van der Waals surface area contributed by atoms with E-state index in [2.05, 4.69) is 5.32 Å². The summed E-state index contributed by atoms with van der Waals surface area (Å²) in [5, 5.41) is 2.97. The SMILES string of the molecule is COc1cc(N)c(C(=O)NC2CCOCC2)cc1OC. The molecular formula is C14H20N2O4. The van der Waals surface area contributed by atoms with Gasteiger partial charge in [-0.15, -0.1) is 0 Å². The van der Waals surface area contributed by atoms with Crippen LogP contribution in [0.25, 0.3) is 0 Å². The molecule has 1 aromatic carbocycles. The van der Waals surface area contributed by atoms with Crippen LogP contribution in [0.3, 0.4) is 0 Å². The molecule has 6 heteroatoms. The second kappa shape index (κ2) is 6.47. The number of hydrogen-bond acceptors (Lipinski definition) is 5. The number of amides is 1. The van der Waals surface area contributed by atoms with Crippen LogP contribution >= 0.6 is 0 Å². The van der Waals surface area contributed by atoms with Gasteiger partial charge in [-0.3, -0.25) is 4.79 Å². The summed E-state index contributed by atoms with van der Waals surface area (Å²) < 4.78 is 15.6. The highest BCUT2D eigenvalue weighted by Gasteiger charge is 2.20. The predicted octanol–water partition coefficient (Wildman–Crippen LogP) is 1.19. The Hall–Kier alpha value is -1.95. The number of nitrogens with one attached hydrogen (secondary N) is 1. The zero-order valence-electron chi connectivity index (χ0n) is 11.8. The van der Waals surface area contributed by atoms with Gasteiger partial charge in [0.05, 0.1) is 19.8 Å². The number of carbonyl (C=O) groups is 1. The molecule has 1 aromatic rings. The summed E-state index contributed by atoms with van der Waals surface area (Å²) in [4.78, 5) is 12.3. The second-order valence-electron chi connectivity index (χ2n) is 4.65. The zero-order chi connectivity index (χ0) is 14.5. The summed E-state index contributed by atoms with van der Waals surface area (Å²) >= 11 is 0. The lowest BCUT2D eigenvalue weighted by atomic mass is 10.1. The molecule has 1 aliphatic heterocycles. The summed E-state index contributed by atoms with van der Waals surface area (Å²) in [5.41, 5.74) is 6.67. The van der Waals surface area contributed by atoms with Gasteiger partial charge in [-0.25, -0.2) is 0 Å². The van der Waals surface area contributed by atoms with Crippen molar-refractivity contribution in [3.05, 3.63) is 17.7 Å². The molecule has 0 unspecified atom stereocenters. The highest BCUT2D eigenvalue weighted by molar-refractivity contribution is 6.00. The molecule has 1 saturated heterocycles. The lowest BCUT2D eigenvalue weighted by Crippen LogP contribution is -2.39. The average molecular weight is 280 g/mol. The molecule has 1 fully saturated rings. The number of nitrogens with two attached hydrogens (primary N) is 1. The monoisotopic (exact) mass is 280 g/mol. The number of benzene rings is 1. The summed E-state index contributed by atoms with van der Waals surface area (Å²) in [6, 6.07) is 3.32. The first-order chi connectivity index (χ1) is 9.65. The predicted molar refractivity (Wildman–Crippen MR) is 75.3 cm³/mol. The normalized spacial score (nSPS) is 15.7. The topological polar surface area (TPSA) is 82.8 Å². The van der Waals surface area contributed by atoms with Crippen molar-refractivity contribution in [2.75, 3.05) is 33.2 Å². The Bertz CT molecular complexity index is 484. The molecule has 0 aromatic heterocycles. The minimum absolute atomic E-state index is 0.128. The summed E-state index contributed by atoms with van der Waals surface area (Å²) in [7, 11) is 3.05. The van der Waals surface area contributed by atoms with Crippen molar-refractivity contribution >= 4 is 11.6 Å². The van der Waals surface area contributed by atoms with Crippen LogP contribution < -0.4 is 20.5 Å². The second-order valence-corrected chi connectivity index (χ2v) is 4.65. The van der Waals surface area contributed by atoms with Crippen LogP contribution in [0.5, 0.6) is 11.5 Å². The number of rotatable bonds is 4. The molecule has 110 valence electrons. The minimum Gasteiger partial charge on any atom is -0.493 e. The third kappa shape index (κ3) is 3.14. The Kier molecular flexibility index (Phi) is 4.68. The van der Waals surface area contributed by atoms with Gasteiger partial charge in [-0.2, -0.15) is 0 Å². The van der Waals surface area contributed by atoms with Crippen LogP contribution in [-0.2, 0) is 4.74 Å². The van der Waals surface area contributed by atoms with E-state index in [0.717, 1.165) is 12.8 Å². The number of nitrogen functional groups attached to an aromatic ring is 1. The molecule has 0 aliphatic carbocycles. The van der Waals surface area contributed by atoms with Crippen molar-refractivity contribution in [2.24, 2.45) is 0 Å². The van der Waals surface area contributed by atoms with Gasteiger partial charge in [0, 0.05) is 31.0 Å². The first kappa shape index (κ1) is 14.5. The molecular weight excluding hydrogens is 260 g/mol. The van der Waals surface area contributed by atoms with Crippen LogP contribution in [0.4, 0.5) is 5.69 Å². The number of methoxy groups -OCH3 is 2. The Balaban J connectivity index is 2.16. The number of hydrogen-bond donors (Lipinski definition) is 2. The summed E-state index contributed by atoms with van der Waals surface area (Å²) in [6.07, 6.45) is 1.64. The molecule has 0 radical (unpaired) electrons. The van der Waals surface area contributed by atoms with Gasteiger partial charge in [0.15, 0.2) is 11.5 Å². The molecule has 1 aliphatic rings. The van der Waals surface area contributed by atoms with Gasteiger partial charge in [0.25, 0.3) is 5.91 Å². The van der Waals surface area contributed by atoms with Gasteiger partial charge in [0.1, 0.15) is 0 Å². The van der Waals surface area contributed by atoms with Crippen molar-refractivity contribution in [1.29, 1.82) is 0 Å². The molecule has 0 bridgehead atoms. The fraction of sp³-hybridized carbons (Fsp3) is 0.500. The van der Waals surface area contributed by atoms with E-state index >= 15 is 0 Å². The molecule has 6 nitrogen and oxygen atoms in total. The lowest BCUT2D eigenvalue weighted by Gasteiger charge is -2.23. The Morgan fingerprint density at radius 2 is 1.85 bits per heavy atom. The van der Waals surface area contributed by atoms with E-state index in [-0.39, 0.29) is 11.9 Å². The number of anilines is 1. The van der Waals surface area contributed by atoms with Crippen molar-refractivity contribution in [2.45, 2.75) is 18.9 Å². The quantitative estimate of drug-likeness (QED) is 0.810. The molecule has 0 spiro atoms. The average Bonchev–Trinajstić information content (AvgIpc) is 2.47. The maximum absolute atomic E-state index is 12.3. The van der Waals surface area contributed by atoms with Crippen molar-refractivity contribution < 1.29 is 19.0 Å². The highest BCUT2D eigenvalue weighted by atomic mass is 16.5. The maximum Gasteiger partial charge on any atom is 0.253 e. The molecule has 2 rings (SSSR count). The van der Waals surface area contributed by atoms with Crippen molar-refractivity contribution in [3.63, 3.8) is 0 Å². The molecule has 1 amide bonds. The van der Waals surface area contributed by atoms with E-state index in [1.807, 2.05) is 0 Å². The van der Waals surface area contributed by atoms with Crippen molar-refractivity contribution in [3.8, 4) is 11.5 Å². The van der Waals surface area contributed by atoms with E-state index < -0.39 is 0 Å². The molecule has 1 heterocycles. The van der Waals surface area contributed by atoms with Crippen molar-refractivity contribution in [1.82, 2.24) is 5.32 Å². The van der Waals surface area contributed by atoms with Gasteiger partial charge >= 0.3 is 0 Å². The van der Waals surface area contributed by atoms with Gasteiger partial charge in [0.2, 0.25) is 0 Å². The van der Waals surface area contributed by atoms with E-state index in [9.17, 15) is 4.79 Å². The Morgan fingerprint density at radius 3 is 2.45 bits per heavy atom. The summed E-state index contributed by atoms with van der Waals surface area (Å²) in [6.45, 7) is 1.35. The van der Waals surface area contributed by atoms with E-state index in [0.29, 0.717) is 36.0 Å². The van der Waals surface area contributed by atoms with E-state index in [4.69, 9.17) is 19.9 Å². The molecule has 20 heavy (non-hydrogen) atoms. The molecule has 3 N–H and O–H groups in total. The lowest BCUT2D eigenvalue weighted by molar-refractivity contribution is 0.0697. The first-order valence-corrected chi connectivity index (χ1v) is 6.55. The zero-order valence-corrected chi connectivity index (χ0v) is 11.8. The van der Waals surface area contributed by atoms with Crippen LogP contribution in [0.2, 0.25) is 0 Å². The number of carbonyl (C=O) groups excluding carboxylic acids is 1. The van der Waals surface area contributed by atoms with E-state index in [1.54, 1.807) is 12.1 Å². The van der Waals surface area contributed by atoms with Crippen LogP contribution in [0.15, 0.2) is 12.1 Å². The molecule has 0 saturated carbocycles. The maximum atomic E-state index is 12.3. The first-order valence-electron chi connectivity index (χ1n) is 6.55. The molecule has 0 atom stereocenters. The van der Waals surface area contributed by atoms with Crippen LogP contribution in [0.1, 0.15) is 23.2 Å². The fourth-order valence-electron chi connectivity index (χ4n) is 2.20. The summed E-state index contributed by atoms with van der Waals surface area (Å²) in [5.74, 6) is 0.793. The van der Waals surface area contributed by atoms with Crippen LogP contribution in [-0.4, -0.2) is 39.4 Å². The minimum atomic E-state index is -0.199. The third-order valence-corrected chi connectivity index (χ3v) is 3.36. The fourth-order valence-corrected chi connectivity index (χ4v) is 2.20.